The minimum atomic E-state index is -0.0463. The first kappa shape index (κ1) is 5.30. The maximum atomic E-state index is 8.35. The van der Waals surface area contributed by atoms with Crippen LogP contribution in [-0.2, 0) is 0 Å². The van der Waals surface area contributed by atoms with Crippen LogP contribution in [0.3, 0.4) is 0 Å². The van der Waals surface area contributed by atoms with Gasteiger partial charge in [-0.3, -0.25) is 0 Å². The lowest BCUT2D eigenvalue weighted by molar-refractivity contribution is 0.795. The molecule has 1 fully saturated rings. The molecule has 0 unspecified atom stereocenters. The highest BCUT2D eigenvalue weighted by Crippen LogP contribution is 2.19. The number of nitrogens with one attached hydrogen (secondary N) is 1. The van der Waals surface area contributed by atoms with Gasteiger partial charge in [0.2, 0.25) is 0 Å². The topological polar surface area (TPSA) is 47.6 Å². The molecule has 0 spiro atoms. The van der Waals surface area contributed by atoms with Gasteiger partial charge in [-0.2, -0.15) is 5.26 Å². The number of nitrogens with zero attached hydrogens (tertiary/aromatic N) is 1. The first-order chi connectivity index (χ1) is 3.84. The molecule has 1 aliphatic rings. The highest BCUT2D eigenvalue weighted by molar-refractivity contribution is 5.87. The van der Waals surface area contributed by atoms with Crippen LogP contribution in [0.2, 0.25) is 0 Å². The summed E-state index contributed by atoms with van der Waals surface area (Å²) in [5.41, 5.74) is 0.632. The molecule has 8 heavy (non-hydrogen) atoms. The summed E-state index contributed by atoms with van der Waals surface area (Å²) in [4.78, 5) is 0. The van der Waals surface area contributed by atoms with Crippen LogP contribution in [0, 0.1) is 22.7 Å². The molecule has 0 heterocycles. The fraction of sp³-hybridized carbons (Fsp3) is 0.667. The Labute approximate surface area is 48.6 Å². The van der Waals surface area contributed by atoms with Gasteiger partial charge in [-0.15, -0.1) is 0 Å². The summed E-state index contributed by atoms with van der Waals surface area (Å²) in [6.07, 6.45) is 2.80. The molecule has 0 radical (unpaired) electrons. The van der Waals surface area contributed by atoms with E-state index in [1.54, 1.807) is 0 Å². The van der Waals surface area contributed by atoms with Crippen LogP contribution in [0.25, 0.3) is 0 Å². The molecule has 1 aliphatic carbocycles. The average Bonchev–Trinajstić information content (AvgIpc) is 2.14. The molecule has 0 amide bonds. The minimum Gasteiger partial charge on any atom is -0.308 e. The number of rotatable bonds is 0. The van der Waals surface area contributed by atoms with Crippen molar-refractivity contribution in [1.82, 2.24) is 0 Å². The standard InChI is InChI=1S/C6H8N2/c7-4-5-2-1-3-6(5)8/h5,8H,1-3H2/t5-/m0/s1. The van der Waals surface area contributed by atoms with Crippen LogP contribution >= 0.6 is 0 Å². The van der Waals surface area contributed by atoms with Gasteiger partial charge in [0.05, 0.1) is 12.0 Å². The summed E-state index contributed by atoms with van der Waals surface area (Å²) in [6, 6.07) is 2.09. The lowest BCUT2D eigenvalue weighted by Gasteiger charge is -1.91. The van der Waals surface area contributed by atoms with Gasteiger partial charge >= 0.3 is 0 Å². The van der Waals surface area contributed by atoms with Crippen LogP contribution in [0.5, 0.6) is 0 Å². The molecule has 2 nitrogen and oxygen atoms in total. The predicted octanol–water partition coefficient (Wildman–Crippen LogP) is 1.33. The van der Waals surface area contributed by atoms with Gasteiger partial charge in [-0.1, -0.05) is 0 Å². The van der Waals surface area contributed by atoms with Crippen molar-refractivity contribution in [2.24, 2.45) is 5.92 Å². The molecule has 0 bridgehead atoms. The molecule has 1 N–H and O–H groups in total. The quantitative estimate of drug-likeness (QED) is 0.500. The minimum absolute atomic E-state index is 0.0463. The molecule has 1 rings (SSSR count). The molecular weight excluding hydrogens is 100 g/mol. The predicted molar refractivity (Wildman–Crippen MR) is 30.7 cm³/mol. The van der Waals surface area contributed by atoms with Gasteiger partial charge in [0.25, 0.3) is 0 Å². The van der Waals surface area contributed by atoms with Gasteiger partial charge in [-0.25, -0.2) is 0 Å². The smallest absolute Gasteiger partial charge is 0.0838 e. The summed E-state index contributed by atoms with van der Waals surface area (Å²) < 4.78 is 0. The Hall–Kier alpha value is -0.840. The van der Waals surface area contributed by atoms with Crippen molar-refractivity contribution < 1.29 is 0 Å². The van der Waals surface area contributed by atoms with E-state index >= 15 is 0 Å². The van der Waals surface area contributed by atoms with Crippen molar-refractivity contribution in [3.05, 3.63) is 0 Å². The van der Waals surface area contributed by atoms with Gasteiger partial charge in [0.15, 0.2) is 0 Å². The Morgan fingerprint density at radius 1 is 1.75 bits per heavy atom. The lowest BCUT2D eigenvalue weighted by Crippen LogP contribution is -2.00. The van der Waals surface area contributed by atoms with Crippen molar-refractivity contribution in [1.29, 1.82) is 10.7 Å². The monoisotopic (exact) mass is 108 g/mol. The van der Waals surface area contributed by atoms with E-state index in [9.17, 15) is 0 Å². The Kier molecular flexibility index (Phi) is 1.29. The highest BCUT2D eigenvalue weighted by Gasteiger charge is 2.19. The summed E-state index contributed by atoms with van der Waals surface area (Å²) in [5.74, 6) is -0.0463. The Morgan fingerprint density at radius 2 is 2.50 bits per heavy atom. The molecule has 2 heteroatoms. The van der Waals surface area contributed by atoms with Crippen LogP contribution in [0.4, 0.5) is 0 Å². The zero-order valence-corrected chi connectivity index (χ0v) is 4.65. The molecule has 0 aromatic carbocycles. The number of hydrogen-bond acceptors (Lipinski definition) is 2. The van der Waals surface area contributed by atoms with E-state index in [0.717, 1.165) is 19.3 Å². The van der Waals surface area contributed by atoms with E-state index in [-0.39, 0.29) is 5.92 Å². The molecule has 0 aromatic rings. The third kappa shape index (κ3) is 0.717. The molecule has 1 atom stereocenters. The maximum absolute atomic E-state index is 8.35. The molecular formula is C6H8N2. The van der Waals surface area contributed by atoms with Crippen molar-refractivity contribution in [3.63, 3.8) is 0 Å². The van der Waals surface area contributed by atoms with Crippen molar-refractivity contribution in [2.45, 2.75) is 19.3 Å². The second-order valence-electron chi connectivity index (χ2n) is 2.10. The molecule has 0 aromatic heterocycles. The first-order valence-electron chi connectivity index (χ1n) is 2.81. The summed E-state index contributed by atoms with van der Waals surface area (Å²) >= 11 is 0. The molecule has 1 saturated carbocycles. The fourth-order valence-corrected chi connectivity index (χ4v) is 0.988. The SMILES string of the molecule is N#C[C@@H]1CCCC1=N. The van der Waals surface area contributed by atoms with Crippen LogP contribution in [0.1, 0.15) is 19.3 Å². The van der Waals surface area contributed by atoms with E-state index < -0.39 is 0 Å². The van der Waals surface area contributed by atoms with E-state index in [2.05, 4.69) is 6.07 Å². The summed E-state index contributed by atoms with van der Waals surface area (Å²) in [7, 11) is 0. The van der Waals surface area contributed by atoms with Crippen molar-refractivity contribution >= 4 is 5.71 Å². The maximum Gasteiger partial charge on any atom is 0.0838 e. The zero-order chi connectivity index (χ0) is 5.98. The van der Waals surface area contributed by atoms with E-state index in [4.69, 9.17) is 10.7 Å². The number of nitriles is 1. The van der Waals surface area contributed by atoms with Gasteiger partial charge < -0.3 is 5.41 Å². The van der Waals surface area contributed by atoms with E-state index in [0.29, 0.717) is 5.71 Å². The summed E-state index contributed by atoms with van der Waals surface area (Å²) in [6.45, 7) is 0. The lowest BCUT2D eigenvalue weighted by atomic mass is 10.1. The second-order valence-corrected chi connectivity index (χ2v) is 2.10. The zero-order valence-electron chi connectivity index (χ0n) is 4.65. The van der Waals surface area contributed by atoms with Crippen LogP contribution in [-0.4, -0.2) is 5.71 Å². The second kappa shape index (κ2) is 1.95. The molecule has 42 valence electrons. The summed E-state index contributed by atoms with van der Waals surface area (Å²) in [5, 5.41) is 15.5. The molecule has 0 aliphatic heterocycles. The van der Waals surface area contributed by atoms with Gasteiger partial charge in [0.1, 0.15) is 0 Å². The third-order valence-corrected chi connectivity index (χ3v) is 1.52. The van der Waals surface area contributed by atoms with E-state index in [1.807, 2.05) is 0 Å². The first-order valence-corrected chi connectivity index (χ1v) is 2.81. The van der Waals surface area contributed by atoms with E-state index in [1.165, 1.54) is 0 Å². The largest absolute Gasteiger partial charge is 0.308 e. The Bertz CT molecular complexity index is 143. The fourth-order valence-electron chi connectivity index (χ4n) is 0.988. The number of hydrogen-bond donors (Lipinski definition) is 1. The van der Waals surface area contributed by atoms with Crippen LogP contribution in [0.15, 0.2) is 0 Å². The van der Waals surface area contributed by atoms with Gasteiger partial charge in [0, 0.05) is 5.71 Å². The average molecular weight is 108 g/mol. The Balaban J connectivity index is 2.58. The van der Waals surface area contributed by atoms with Crippen molar-refractivity contribution in [2.75, 3.05) is 0 Å². The highest BCUT2D eigenvalue weighted by atomic mass is 14.5. The van der Waals surface area contributed by atoms with Crippen molar-refractivity contribution in [3.8, 4) is 6.07 Å². The third-order valence-electron chi connectivity index (χ3n) is 1.52. The normalized spacial score (nSPS) is 27.9. The molecule has 0 saturated heterocycles. The van der Waals surface area contributed by atoms with Gasteiger partial charge in [-0.05, 0) is 19.3 Å². The Morgan fingerprint density at radius 3 is 2.75 bits per heavy atom. The van der Waals surface area contributed by atoms with Crippen LogP contribution < -0.4 is 0 Å².